The third-order valence-electron chi connectivity index (χ3n) is 3.70. The van der Waals surface area contributed by atoms with Crippen LogP contribution in [-0.2, 0) is 11.3 Å². The summed E-state index contributed by atoms with van der Waals surface area (Å²) in [5.41, 5.74) is 2.98. The number of nitrogens with one attached hydrogen (secondary N) is 2. The van der Waals surface area contributed by atoms with E-state index in [-0.39, 0.29) is 11.8 Å². The monoisotopic (exact) mass is 382 g/mol. The molecule has 1 aromatic heterocycles. The van der Waals surface area contributed by atoms with Crippen LogP contribution in [0.25, 0.3) is 0 Å². The largest absolute Gasteiger partial charge is 0.439 e. The van der Waals surface area contributed by atoms with Gasteiger partial charge in [0.15, 0.2) is 0 Å². The van der Waals surface area contributed by atoms with Crippen LogP contribution in [0.1, 0.15) is 11.1 Å². The fourth-order valence-electron chi connectivity index (χ4n) is 2.34. The Balaban J connectivity index is 1.64. The maximum Gasteiger partial charge on any atom is 0.239 e. The van der Waals surface area contributed by atoms with Crippen molar-refractivity contribution < 1.29 is 9.53 Å². The topological polar surface area (TPSA) is 76.1 Å². The zero-order chi connectivity index (χ0) is 19.1. The second-order valence-corrected chi connectivity index (χ2v) is 6.16. The minimum absolute atomic E-state index is 0.104. The number of alkyl halides is 1. The highest BCUT2D eigenvalue weighted by molar-refractivity contribution is 6.29. The average molecular weight is 383 g/mol. The van der Waals surface area contributed by atoms with Crippen molar-refractivity contribution in [3.63, 3.8) is 0 Å². The van der Waals surface area contributed by atoms with Crippen molar-refractivity contribution in [1.29, 1.82) is 0 Å². The lowest BCUT2D eigenvalue weighted by Gasteiger charge is -2.09. The summed E-state index contributed by atoms with van der Waals surface area (Å²) >= 11 is 5.50. The number of aromatic nitrogens is 2. The van der Waals surface area contributed by atoms with Gasteiger partial charge >= 0.3 is 0 Å². The summed E-state index contributed by atoms with van der Waals surface area (Å²) in [6, 6.07) is 17.0. The quantitative estimate of drug-likeness (QED) is 0.593. The maximum atomic E-state index is 11.4. The summed E-state index contributed by atoms with van der Waals surface area (Å²) < 4.78 is 5.77. The molecule has 0 aliphatic carbocycles. The lowest BCUT2D eigenvalue weighted by Crippen LogP contribution is -2.12. The number of benzene rings is 2. The van der Waals surface area contributed by atoms with E-state index < -0.39 is 0 Å². The van der Waals surface area contributed by atoms with E-state index in [2.05, 4.69) is 51.8 Å². The van der Waals surface area contributed by atoms with Gasteiger partial charge in [-0.1, -0.05) is 35.9 Å². The van der Waals surface area contributed by atoms with Crippen LogP contribution >= 0.6 is 11.6 Å². The lowest BCUT2D eigenvalue weighted by atomic mass is 10.1. The van der Waals surface area contributed by atoms with E-state index in [0.717, 1.165) is 5.56 Å². The highest BCUT2D eigenvalue weighted by atomic mass is 35.5. The van der Waals surface area contributed by atoms with Crippen molar-refractivity contribution in [1.82, 2.24) is 9.97 Å². The van der Waals surface area contributed by atoms with Crippen LogP contribution < -0.4 is 15.4 Å². The minimum Gasteiger partial charge on any atom is -0.439 e. The smallest absolute Gasteiger partial charge is 0.239 e. The van der Waals surface area contributed by atoms with Gasteiger partial charge in [0.25, 0.3) is 0 Å². The van der Waals surface area contributed by atoms with Gasteiger partial charge in [-0.25, -0.2) is 9.97 Å². The summed E-state index contributed by atoms with van der Waals surface area (Å²) in [6.45, 7) is 2.71. The predicted octanol–water partition coefficient (Wildman–Crippen LogP) is 4.37. The van der Waals surface area contributed by atoms with Crippen molar-refractivity contribution in [3.05, 3.63) is 72.1 Å². The van der Waals surface area contributed by atoms with E-state index in [9.17, 15) is 4.79 Å². The molecule has 0 bridgehead atoms. The average Bonchev–Trinajstić information content (AvgIpc) is 2.68. The number of halogens is 1. The van der Waals surface area contributed by atoms with Gasteiger partial charge in [0.1, 0.15) is 23.8 Å². The number of anilines is 2. The summed E-state index contributed by atoms with van der Waals surface area (Å²) in [5, 5.41) is 5.92. The van der Waals surface area contributed by atoms with E-state index in [4.69, 9.17) is 16.3 Å². The van der Waals surface area contributed by atoms with Crippen molar-refractivity contribution in [3.8, 4) is 11.6 Å². The van der Waals surface area contributed by atoms with E-state index >= 15 is 0 Å². The molecule has 0 unspecified atom stereocenters. The Hall–Kier alpha value is -3.12. The Morgan fingerprint density at radius 1 is 1.11 bits per heavy atom. The summed E-state index contributed by atoms with van der Waals surface area (Å²) in [4.78, 5) is 19.7. The lowest BCUT2D eigenvalue weighted by molar-refractivity contribution is -0.113. The van der Waals surface area contributed by atoms with Crippen molar-refractivity contribution >= 4 is 29.0 Å². The number of carbonyl (C=O) groups is 1. The first-order chi connectivity index (χ1) is 13.1. The molecule has 6 nitrogen and oxygen atoms in total. The second-order valence-electron chi connectivity index (χ2n) is 5.89. The van der Waals surface area contributed by atoms with Crippen LogP contribution in [0.15, 0.2) is 60.9 Å². The highest BCUT2D eigenvalue weighted by Crippen LogP contribution is 2.24. The molecule has 2 N–H and O–H groups in total. The normalized spacial score (nSPS) is 10.3. The van der Waals surface area contributed by atoms with Crippen LogP contribution in [-0.4, -0.2) is 21.8 Å². The van der Waals surface area contributed by atoms with Crippen LogP contribution in [0.5, 0.6) is 11.6 Å². The zero-order valence-electron chi connectivity index (χ0n) is 14.8. The second kappa shape index (κ2) is 9.00. The van der Waals surface area contributed by atoms with Gasteiger partial charge in [0.2, 0.25) is 11.8 Å². The Morgan fingerprint density at radius 3 is 2.70 bits per heavy atom. The molecule has 2 aromatic carbocycles. The minimum atomic E-state index is -0.279. The zero-order valence-corrected chi connectivity index (χ0v) is 15.5. The van der Waals surface area contributed by atoms with Crippen molar-refractivity contribution in [2.75, 3.05) is 16.5 Å². The molecule has 0 aliphatic heterocycles. The fourth-order valence-corrected chi connectivity index (χ4v) is 2.41. The molecule has 0 radical (unpaired) electrons. The van der Waals surface area contributed by atoms with Crippen molar-refractivity contribution in [2.24, 2.45) is 0 Å². The standard InChI is InChI=1S/C20H19ClN4O2/c1-14-5-7-15(8-6-14)12-22-18-10-20(24-13-23-18)27-17-4-2-3-16(9-17)25-19(26)11-21/h2-10,13H,11-12H2,1H3,(H,25,26)(H,22,23,24). The summed E-state index contributed by atoms with van der Waals surface area (Å²) in [5.74, 6) is 1.22. The molecule has 7 heteroatoms. The van der Waals surface area contributed by atoms with Crippen LogP contribution in [0.4, 0.5) is 11.5 Å². The Labute approximate surface area is 162 Å². The number of ether oxygens (including phenoxy) is 1. The molecule has 138 valence electrons. The first kappa shape index (κ1) is 18.7. The number of nitrogens with zero attached hydrogens (tertiary/aromatic N) is 2. The van der Waals surface area contributed by atoms with Crippen LogP contribution in [0.2, 0.25) is 0 Å². The van der Waals surface area contributed by atoms with Crippen molar-refractivity contribution in [2.45, 2.75) is 13.5 Å². The highest BCUT2D eigenvalue weighted by Gasteiger charge is 2.05. The number of hydrogen-bond donors (Lipinski definition) is 2. The molecule has 3 aromatic rings. The van der Waals surface area contributed by atoms with Gasteiger partial charge in [0, 0.05) is 24.4 Å². The first-order valence-electron chi connectivity index (χ1n) is 8.37. The Kier molecular flexibility index (Phi) is 6.22. The summed E-state index contributed by atoms with van der Waals surface area (Å²) in [6.07, 6.45) is 1.44. The van der Waals surface area contributed by atoms with Gasteiger partial charge in [-0.3, -0.25) is 4.79 Å². The van der Waals surface area contributed by atoms with Gasteiger partial charge in [0.05, 0.1) is 0 Å². The maximum absolute atomic E-state index is 11.4. The molecule has 0 saturated heterocycles. The molecule has 0 saturated carbocycles. The number of amides is 1. The number of aryl methyl sites for hydroxylation is 1. The Morgan fingerprint density at radius 2 is 1.93 bits per heavy atom. The molecular formula is C20H19ClN4O2. The number of hydrogen-bond acceptors (Lipinski definition) is 5. The van der Waals surface area contributed by atoms with E-state index in [1.165, 1.54) is 11.9 Å². The molecule has 0 fully saturated rings. The molecule has 3 rings (SSSR count). The third-order valence-corrected chi connectivity index (χ3v) is 3.94. The van der Waals surface area contributed by atoms with E-state index in [1.807, 2.05) is 0 Å². The van der Waals surface area contributed by atoms with Crippen LogP contribution in [0, 0.1) is 6.92 Å². The van der Waals surface area contributed by atoms with Gasteiger partial charge in [-0.05, 0) is 24.6 Å². The Bertz CT molecular complexity index is 916. The van der Waals surface area contributed by atoms with Gasteiger partial charge < -0.3 is 15.4 Å². The van der Waals surface area contributed by atoms with Crippen LogP contribution in [0.3, 0.4) is 0 Å². The SMILES string of the molecule is Cc1ccc(CNc2cc(Oc3cccc(NC(=O)CCl)c3)ncn2)cc1. The molecule has 1 heterocycles. The fraction of sp³-hybridized carbons (Fsp3) is 0.150. The predicted molar refractivity (Wildman–Crippen MR) is 106 cm³/mol. The first-order valence-corrected chi connectivity index (χ1v) is 8.91. The number of carbonyl (C=O) groups excluding carboxylic acids is 1. The number of rotatable bonds is 7. The molecule has 0 atom stereocenters. The van der Waals surface area contributed by atoms with Gasteiger partial charge in [-0.15, -0.1) is 11.6 Å². The van der Waals surface area contributed by atoms with E-state index in [0.29, 0.717) is 29.7 Å². The molecule has 1 amide bonds. The molecular weight excluding hydrogens is 364 g/mol. The van der Waals surface area contributed by atoms with E-state index in [1.54, 1.807) is 30.3 Å². The molecule has 0 spiro atoms. The molecule has 0 aliphatic rings. The third kappa shape index (κ3) is 5.69. The van der Waals surface area contributed by atoms with Gasteiger partial charge in [-0.2, -0.15) is 0 Å². The summed E-state index contributed by atoms with van der Waals surface area (Å²) in [7, 11) is 0. The molecule has 27 heavy (non-hydrogen) atoms.